The topological polar surface area (TPSA) is 332 Å². The van der Waals surface area contributed by atoms with Crippen molar-refractivity contribution < 1.29 is 92.4 Å². The molecule has 5 atom stereocenters. The molecule has 1 heterocycles. The second-order valence-corrected chi connectivity index (χ2v) is 14.0. The van der Waals surface area contributed by atoms with Crippen LogP contribution in [-0.4, -0.2) is 145 Å². The second kappa shape index (κ2) is 17.1. The zero-order valence-corrected chi connectivity index (χ0v) is 27.1. The standard InChI is InChI=1S/C19H34N2O21S4/c1-36-19-18(42-46(33,34)35)17(41-45(30,31)32)16(40-44(27,28)29)13(39-19)11-37-15(23)10-21(7-8-38-43(24,25)26)9-14(22)20-12-5-3-2-4-6-12/h12-13,16-19H,2-11H2,1H3,(H,20,22)(H,24,25,26)(H,27,28,29)(H,30,31,32)(H,33,34,35)/t13-,16-,17+,18+,19+/m1/s1. The second-order valence-electron chi connectivity index (χ2n) is 9.79. The highest BCUT2D eigenvalue weighted by Crippen LogP contribution is 2.31. The SMILES string of the molecule is CO[C@H]1O[C@H](COC(=O)CN(CCOS(=O)(=O)O)CC(=O)NC2CCCCC2)[C@@H](OS(=O)(=O)O)[C@H](OS(=O)(=O)O)[C@@H]1OS(=O)(=O)O. The molecule has 270 valence electrons. The molecule has 2 rings (SSSR count). The third-order valence-electron chi connectivity index (χ3n) is 6.26. The lowest BCUT2D eigenvalue weighted by Crippen LogP contribution is -2.62. The summed E-state index contributed by atoms with van der Waals surface area (Å²) >= 11 is 0. The van der Waals surface area contributed by atoms with Crippen LogP contribution < -0.4 is 5.32 Å². The van der Waals surface area contributed by atoms with E-state index < -0.39 is 117 Å². The third kappa shape index (κ3) is 15.9. The van der Waals surface area contributed by atoms with Crippen molar-refractivity contribution in [2.45, 2.75) is 68.9 Å². The van der Waals surface area contributed by atoms with Gasteiger partial charge in [0.1, 0.15) is 24.9 Å². The van der Waals surface area contributed by atoms with Crippen molar-refractivity contribution in [3.63, 3.8) is 0 Å². The van der Waals surface area contributed by atoms with Gasteiger partial charge in [0.05, 0.1) is 19.7 Å². The molecule has 46 heavy (non-hydrogen) atoms. The number of carbonyl (C=O) groups is 2. The van der Waals surface area contributed by atoms with E-state index in [2.05, 4.69) is 22.0 Å². The first-order valence-electron chi connectivity index (χ1n) is 13.0. The highest BCUT2D eigenvalue weighted by molar-refractivity contribution is 7.81. The fraction of sp³-hybridized carbons (Fsp3) is 0.895. The molecule has 0 unspecified atom stereocenters. The lowest BCUT2D eigenvalue weighted by Gasteiger charge is -2.42. The molecule has 1 saturated carbocycles. The lowest BCUT2D eigenvalue weighted by molar-refractivity contribution is -0.281. The highest BCUT2D eigenvalue weighted by atomic mass is 32.3. The van der Waals surface area contributed by atoms with Crippen LogP contribution in [0.1, 0.15) is 32.1 Å². The number of hydrogen-bond donors (Lipinski definition) is 5. The minimum atomic E-state index is -5.59. The van der Waals surface area contributed by atoms with Gasteiger partial charge in [0.2, 0.25) is 5.91 Å². The van der Waals surface area contributed by atoms with Crippen molar-refractivity contribution in [2.24, 2.45) is 0 Å². The third-order valence-corrected chi connectivity index (χ3v) is 8.12. The Labute approximate surface area is 264 Å². The molecule has 0 aromatic rings. The Hall–Kier alpha value is -1.70. The summed E-state index contributed by atoms with van der Waals surface area (Å²) in [5.41, 5.74) is 0. The van der Waals surface area contributed by atoms with Crippen LogP contribution in [0, 0.1) is 0 Å². The van der Waals surface area contributed by atoms with E-state index in [4.69, 9.17) is 23.3 Å². The van der Waals surface area contributed by atoms with E-state index in [1.54, 1.807) is 0 Å². The summed E-state index contributed by atoms with van der Waals surface area (Å²) in [6.07, 6.45) is -7.35. The smallest absolute Gasteiger partial charge is 0.397 e. The number of rotatable bonds is 18. The van der Waals surface area contributed by atoms with E-state index in [1.807, 2.05) is 0 Å². The molecule has 23 nitrogen and oxygen atoms in total. The molecule has 0 spiro atoms. The lowest BCUT2D eigenvalue weighted by atomic mass is 9.95. The van der Waals surface area contributed by atoms with Crippen LogP contribution in [-0.2, 0) is 82.1 Å². The predicted octanol–water partition coefficient (Wildman–Crippen LogP) is -2.96. The van der Waals surface area contributed by atoms with Gasteiger partial charge in [-0.25, -0.2) is 16.7 Å². The molecular weight excluding hydrogens is 720 g/mol. The zero-order chi connectivity index (χ0) is 34.9. The van der Waals surface area contributed by atoms with Crippen LogP contribution in [0.2, 0.25) is 0 Å². The summed E-state index contributed by atoms with van der Waals surface area (Å²) in [6.45, 7) is -3.48. The minimum absolute atomic E-state index is 0.132. The van der Waals surface area contributed by atoms with Crippen LogP contribution in [0.4, 0.5) is 0 Å². The van der Waals surface area contributed by atoms with Gasteiger partial charge in [-0.05, 0) is 12.8 Å². The predicted molar refractivity (Wildman–Crippen MR) is 145 cm³/mol. The minimum Gasteiger partial charge on any atom is -0.462 e. The number of hydrogen-bond acceptors (Lipinski definition) is 18. The van der Waals surface area contributed by atoms with Crippen LogP contribution in [0.15, 0.2) is 0 Å². The summed E-state index contributed by atoms with van der Waals surface area (Å²) in [5.74, 6) is -1.76. The normalized spacial score (nSPS) is 25.3. The first-order chi connectivity index (χ1) is 21.0. The van der Waals surface area contributed by atoms with E-state index in [-0.39, 0.29) is 6.04 Å². The van der Waals surface area contributed by atoms with Crippen molar-refractivity contribution in [2.75, 3.05) is 40.0 Å². The molecule has 1 amide bonds. The first-order valence-corrected chi connectivity index (χ1v) is 18.5. The number of nitrogens with one attached hydrogen (secondary N) is 1. The van der Waals surface area contributed by atoms with E-state index in [0.29, 0.717) is 12.8 Å². The highest BCUT2D eigenvalue weighted by Gasteiger charge is 2.54. The van der Waals surface area contributed by atoms with Gasteiger partial charge in [0.25, 0.3) is 0 Å². The summed E-state index contributed by atoms with van der Waals surface area (Å²) in [5, 5.41) is 2.77. The molecule has 27 heteroatoms. The quantitative estimate of drug-likeness (QED) is 0.0689. The monoisotopic (exact) mass is 754 g/mol. The van der Waals surface area contributed by atoms with Crippen molar-refractivity contribution in [1.29, 1.82) is 0 Å². The maximum absolute atomic E-state index is 12.7. The Morgan fingerprint density at radius 3 is 1.85 bits per heavy atom. The number of carbonyl (C=O) groups excluding carboxylic acids is 2. The Morgan fingerprint density at radius 1 is 0.783 bits per heavy atom. The van der Waals surface area contributed by atoms with Crippen molar-refractivity contribution >= 4 is 53.5 Å². The summed E-state index contributed by atoms with van der Waals surface area (Å²) in [4.78, 5) is 26.4. The van der Waals surface area contributed by atoms with Crippen LogP contribution in [0.3, 0.4) is 0 Å². The van der Waals surface area contributed by atoms with Gasteiger partial charge >= 0.3 is 47.6 Å². The molecule has 1 aliphatic carbocycles. The Kier molecular flexibility index (Phi) is 15.1. The summed E-state index contributed by atoms with van der Waals surface area (Å²) in [7, 11) is -20.7. The molecule has 0 bridgehead atoms. The summed E-state index contributed by atoms with van der Waals surface area (Å²) in [6, 6.07) is -0.132. The summed E-state index contributed by atoms with van der Waals surface area (Å²) < 4.78 is 159. The molecular formula is C19H34N2O21S4. The Balaban J connectivity index is 2.24. The number of amides is 1. The van der Waals surface area contributed by atoms with Crippen LogP contribution in [0.5, 0.6) is 0 Å². The molecule has 2 fully saturated rings. The molecule has 1 aliphatic heterocycles. The average molecular weight is 755 g/mol. The van der Waals surface area contributed by atoms with Gasteiger partial charge < -0.3 is 19.5 Å². The fourth-order valence-corrected chi connectivity index (χ4v) is 6.34. The largest absolute Gasteiger partial charge is 0.462 e. The maximum Gasteiger partial charge on any atom is 0.397 e. The Morgan fingerprint density at radius 2 is 1.33 bits per heavy atom. The van der Waals surface area contributed by atoms with Gasteiger partial charge in [-0.2, -0.15) is 33.7 Å². The van der Waals surface area contributed by atoms with Crippen molar-refractivity contribution in [3.05, 3.63) is 0 Å². The molecule has 2 aliphatic rings. The number of ether oxygens (including phenoxy) is 3. The molecule has 1 saturated heterocycles. The maximum atomic E-state index is 12.7. The van der Waals surface area contributed by atoms with E-state index >= 15 is 0 Å². The van der Waals surface area contributed by atoms with E-state index in [1.165, 1.54) is 0 Å². The molecule has 5 N–H and O–H groups in total. The first kappa shape index (κ1) is 40.5. The number of nitrogens with zero attached hydrogens (tertiary/aromatic N) is 1. The zero-order valence-electron chi connectivity index (χ0n) is 23.8. The van der Waals surface area contributed by atoms with Crippen molar-refractivity contribution in [3.8, 4) is 0 Å². The number of methoxy groups -OCH3 is 1. The van der Waals surface area contributed by atoms with Crippen molar-refractivity contribution in [1.82, 2.24) is 10.2 Å². The fourth-order valence-electron chi connectivity index (χ4n) is 4.56. The van der Waals surface area contributed by atoms with Crippen LogP contribution in [0.25, 0.3) is 0 Å². The number of esters is 1. The van der Waals surface area contributed by atoms with Gasteiger partial charge in [-0.3, -0.25) is 32.7 Å². The van der Waals surface area contributed by atoms with Gasteiger partial charge in [-0.1, -0.05) is 19.3 Å². The van der Waals surface area contributed by atoms with Gasteiger partial charge in [0, 0.05) is 19.7 Å². The van der Waals surface area contributed by atoms with Crippen LogP contribution >= 0.6 is 0 Å². The van der Waals surface area contributed by atoms with E-state index in [9.17, 15) is 52.4 Å². The van der Waals surface area contributed by atoms with E-state index in [0.717, 1.165) is 31.3 Å². The molecule has 0 aromatic carbocycles. The Bertz CT molecular complexity index is 1460. The molecule has 0 radical (unpaired) electrons. The average Bonchev–Trinajstić information content (AvgIpc) is 2.87. The van der Waals surface area contributed by atoms with Gasteiger partial charge in [0.15, 0.2) is 12.4 Å². The van der Waals surface area contributed by atoms with Gasteiger partial charge in [-0.15, -0.1) is 0 Å². The molecule has 0 aromatic heterocycles.